The highest BCUT2D eigenvalue weighted by Gasteiger charge is 2.08. The first-order valence-electron chi connectivity index (χ1n) is 5.40. The van der Waals surface area contributed by atoms with Crippen molar-refractivity contribution in [3.05, 3.63) is 58.3 Å². The molecule has 0 aliphatic carbocycles. The molecule has 0 heterocycles. The molecule has 88 valence electrons. The van der Waals surface area contributed by atoms with Gasteiger partial charge >= 0.3 is 0 Å². The Kier molecular flexibility index (Phi) is 3.92. The van der Waals surface area contributed by atoms with E-state index in [-0.39, 0.29) is 5.82 Å². The fourth-order valence-corrected chi connectivity index (χ4v) is 2.32. The molecule has 0 atom stereocenters. The fourth-order valence-electron chi connectivity index (χ4n) is 1.82. The minimum Gasteiger partial charge on any atom is -0.316 e. The maximum absolute atomic E-state index is 13.4. The van der Waals surface area contributed by atoms with Gasteiger partial charge in [-0.05, 0) is 41.9 Å². The topological polar surface area (TPSA) is 12.0 Å². The zero-order chi connectivity index (χ0) is 12.3. The van der Waals surface area contributed by atoms with Crippen molar-refractivity contribution in [1.82, 2.24) is 5.32 Å². The molecule has 0 fully saturated rings. The normalized spacial score (nSPS) is 10.5. The lowest BCUT2D eigenvalue weighted by atomic mass is 9.99. The lowest BCUT2D eigenvalue weighted by Gasteiger charge is -2.11. The van der Waals surface area contributed by atoms with Crippen molar-refractivity contribution in [2.24, 2.45) is 0 Å². The molecule has 2 rings (SSSR count). The summed E-state index contributed by atoms with van der Waals surface area (Å²) in [6.45, 7) is 0.719. The van der Waals surface area contributed by atoms with Crippen LogP contribution in [0.2, 0.25) is 0 Å². The third-order valence-corrected chi connectivity index (χ3v) is 3.29. The van der Waals surface area contributed by atoms with Crippen LogP contribution < -0.4 is 5.32 Å². The van der Waals surface area contributed by atoms with E-state index >= 15 is 0 Å². The molecule has 0 amide bonds. The first-order valence-corrected chi connectivity index (χ1v) is 6.19. The molecule has 0 spiro atoms. The highest BCUT2D eigenvalue weighted by atomic mass is 79.9. The van der Waals surface area contributed by atoms with E-state index in [1.807, 2.05) is 37.4 Å². The Balaban J connectivity index is 2.57. The third-order valence-electron chi connectivity index (χ3n) is 2.60. The van der Waals surface area contributed by atoms with Crippen LogP contribution in [0.1, 0.15) is 5.56 Å². The fraction of sp³-hybridized carbons (Fsp3) is 0.143. The average molecular weight is 294 g/mol. The van der Waals surface area contributed by atoms with Crippen molar-refractivity contribution in [2.75, 3.05) is 7.05 Å². The second-order valence-corrected chi connectivity index (χ2v) is 4.67. The SMILES string of the molecule is CNCc1ccc(F)cc1-c1ccccc1Br. The van der Waals surface area contributed by atoms with Crippen molar-refractivity contribution in [3.8, 4) is 11.1 Å². The van der Waals surface area contributed by atoms with Crippen LogP contribution in [0.15, 0.2) is 46.9 Å². The second-order valence-electron chi connectivity index (χ2n) is 3.81. The molecule has 0 saturated carbocycles. The van der Waals surface area contributed by atoms with E-state index in [4.69, 9.17) is 0 Å². The largest absolute Gasteiger partial charge is 0.316 e. The van der Waals surface area contributed by atoms with Crippen molar-refractivity contribution in [1.29, 1.82) is 0 Å². The summed E-state index contributed by atoms with van der Waals surface area (Å²) in [6.07, 6.45) is 0. The third kappa shape index (κ3) is 2.73. The van der Waals surface area contributed by atoms with E-state index in [0.717, 1.165) is 27.7 Å². The predicted molar refractivity (Wildman–Crippen MR) is 72.3 cm³/mol. The van der Waals surface area contributed by atoms with E-state index in [2.05, 4.69) is 21.2 Å². The van der Waals surface area contributed by atoms with Crippen LogP contribution in [-0.2, 0) is 6.54 Å². The summed E-state index contributed by atoms with van der Waals surface area (Å²) in [5.41, 5.74) is 3.02. The molecule has 2 aromatic carbocycles. The van der Waals surface area contributed by atoms with Gasteiger partial charge in [0.05, 0.1) is 0 Å². The van der Waals surface area contributed by atoms with E-state index in [9.17, 15) is 4.39 Å². The van der Waals surface area contributed by atoms with Crippen LogP contribution in [0.4, 0.5) is 4.39 Å². The lowest BCUT2D eigenvalue weighted by molar-refractivity contribution is 0.627. The number of hydrogen-bond acceptors (Lipinski definition) is 1. The van der Waals surface area contributed by atoms with Crippen LogP contribution >= 0.6 is 15.9 Å². The molecular weight excluding hydrogens is 281 g/mol. The molecule has 0 aliphatic heterocycles. The first-order chi connectivity index (χ1) is 8.22. The quantitative estimate of drug-likeness (QED) is 0.903. The van der Waals surface area contributed by atoms with Crippen LogP contribution in [0, 0.1) is 5.82 Å². The number of hydrogen-bond donors (Lipinski definition) is 1. The van der Waals surface area contributed by atoms with Crippen LogP contribution in [0.25, 0.3) is 11.1 Å². The van der Waals surface area contributed by atoms with Crippen molar-refractivity contribution in [3.63, 3.8) is 0 Å². The Morgan fingerprint density at radius 1 is 1.12 bits per heavy atom. The second kappa shape index (κ2) is 5.43. The zero-order valence-corrected chi connectivity index (χ0v) is 11.1. The van der Waals surface area contributed by atoms with Gasteiger partial charge in [0.1, 0.15) is 5.82 Å². The summed E-state index contributed by atoms with van der Waals surface area (Å²) < 4.78 is 14.3. The standard InChI is InChI=1S/C14H13BrFN/c1-17-9-10-6-7-11(16)8-13(10)12-4-2-3-5-14(12)15/h2-8,17H,9H2,1H3. The molecule has 0 aromatic heterocycles. The van der Waals surface area contributed by atoms with E-state index in [1.54, 1.807) is 6.07 Å². The minimum atomic E-state index is -0.212. The van der Waals surface area contributed by atoms with Gasteiger partial charge in [-0.15, -0.1) is 0 Å². The summed E-state index contributed by atoms with van der Waals surface area (Å²) in [5.74, 6) is -0.212. The summed E-state index contributed by atoms with van der Waals surface area (Å²) in [5, 5.41) is 3.10. The Bertz CT molecular complexity index is 525. The molecule has 0 saturated heterocycles. The molecule has 1 N–H and O–H groups in total. The highest BCUT2D eigenvalue weighted by molar-refractivity contribution is 9.10. The Morgan fingerprint density at radius 2 is 1.88 bits per heavy atom. The summed E-state index contributed by atoms with van der Waals surface area (Å²) >= 11 is 3.50. The Labute approximate surface area is 109 Å². The molecular formula is C14H13BrFN. The molecule has 2 aromatic rings. The van der Waals surface area contributed by atoms with Crippen molar-refractivity contribution >= 4 is 15.9 Å². The van der Waals surface area contributed by atoms with Gasteiger partial charge in [0.2, 0.25) is 0 Å². The number of nitrogens with one attached hydrogen (secondary N) is 1. The average Bonchev–Trinajstić information content (AvgIpc) is 2.32. The molecule has 17 heavy (non-hydrogen) atoms. The van der Waals surface area contributed by atoms with Gasteiger partial charge in [-0.25, -0.2) is 4.39 Å². The van der Waals surface area contributed by atoms with E-state index in [0.29, 0.717) is 0 Å². The van der Waals surface area contributed by atoms with E-state index in [1.165, 1.54) is 6.07 Å². The number of benzene rings is 2. The number of rotatable bonds is 3. The maximum Gasteiger partial charge on any atom is 0.123 e. The van der Waals surface area contributed by atoms with Gasteiger partial charge < -0.3 is 5.32 Å². The minimum absolute atomic E-state index is 0.212. The number of halogens is 2. The van der Waals surface area contributed by atoms with Gasteiger partial charge in [0.25, 0.3) is 0 Å². The molecule has 3 heteroatoms. The van der Waals surface area contributed by atoms with Gasteiger partial charge in [0, 0.05) is 11.0 Å². The first kappa shape index (κ1) is 12.3. The molecule has 0 aliphatic rings. The lowest BCUT2D eigenvalue weighted by Crippen LogP contribution is -2.06. The van der Waals surface area contributed by atoms with Crippen molar-refractivity contribution < 1.29 is 4.39 Å². The molecule has 0 bridgehead atoms. The molecule has 0 radical (unpaired) electrons. The van der Waals surface area contributed by atoms with Crippen LogP contribution in [0.5, 0.6) is 0 Å². The maximum atomic E-state index is 13.4. The Hall–Kier alpha value is -1.19. The Morgan fingerprint density at radius 3 is 2.59 bits per heavy atom. The summed E-state index contributed by atoms with van der Waals surface area (Å²) in [6, 6.07) is 12.7. The van der Waals surface area contributed by atoms with E-state index < -0.39 is 0 Å². The van der Waals surface area contributed by atoms with Gasteiger partial charge in [-0.3, -0.25) is 0 Å². The van der Waals surface area contributed by atoms with Gasteiger partial charge in [-0.2, -0.15) is 0 Å². The molecule has 1 nitrogen and oxygen atoms in total. The van der Waals surface area contributed by atoms with Gasteiger partial charge in [-0.1, -0.05) is 40.2 Å². The van der Waals surface area contributed by atoms with Crippen LogP contribution in [-0.4, -0.2) is 7.05 Å². The highest BCUT2D eigenvalue weighted by Crippen LogP contribution is 2.31. The summed E-state index contributed by atoms with van der Waals surface area (Å²) in [7, 11) is 1.88. The predicted octanol–water partition coefficient (Wildman–Crippen LogP) is 3.97. The smallest absolute Gasteiger partial charge is 0.123 e. The van der Waals surface area contributed by atoms with Crippen molar-refractivity contribution in [2.45, 2.75) is 6.54 Å². The zero-order valence-electron chi connectivity index (χ0n) is 9.50. The monoisotopic (exact) mass is 293 g/mol. The summed E-state index contributed by atoms with van der Waals surface area (Å²) in [4.78, 5) is 0. The van der Waals surface area contributed by atoms with Gasteiger partial charge in [0.15, 0.2) is 0 Å². The molecule has 0 unspecified atom stereocenters. The van der Waals surface area contributed by atoms with Crippen LogP contribution in [0.3, 0.4) is 0 Å².